The molecule has 3 rings (SSSR count). The van der Waals surface area contributed by atoms with E-state index < -0.39 is 6.10 Å². The molecule has 1 aromatic heterocycles. The van der Waals surface area contributed by atoms with Gasteiger partial charge >= 0.3 is 0 Å². The maximum atomic E-state index is 10.4. The summed E-state index contributed by atoms with van der Waals surface area (Å²) < 4.78 is 6.17. The van der Waals surface area contributed by atoms with Crippen molar-refractivity contribution in [2.24, 2.45) is 0 Å². The number of nitrogens with zero attached hydrogens (tertiary/aromatic N) is 1. The van der Waals surface area contributed by atoms with Gasteiger partial charge in [-0.3, -0.25) is 4.98 Å². The Morgan fingerprint density at radius 3 is 2.44 bits per heavy atom. The molecule has 2 atom stereocenters. The predicted octanol–water partition coefficient (Wildman–Crippen LogP) is 2.62. The van der Waals surface area contributed by atoms with Crippen LogP contribution < -0.4 is 5.32 Å². The Morgan fingerprint density at radius 2 is 1.70 bits per heavy atom. The summed E-state index contributed by atoms with van der Waals surface area (Å²) in [6.45, 7) is 3.70. The molecule has 0 amide bonds. The van der Waals surface area contributed by atoms with Crippen LogP contribution >= 0.6 is 0 Å². The van der Waals surface area contributed by atoms with Crippen molar-refractivity contribution >= 4 is 0 Å². The van der Waals surface area contributed by atoms with E-state index in [2.05, 4.69) is 41.5 Å². The molecule has 0 aliphatic carbocycles. The highest BCUT2D eigenvalue weighted by atomic mass is 16.5. The first-order chi connectivity index (χ1) is 13.2. The standard InChI is InChI=1S/C23H26N2O2/c1-18-9-5-6-13-22(18)23(19-10-3-2-4-11-19)27-17-21(26)16-24-15-20-12-7-8-14-25-20/h2-14,21,23-24,26H,15-17H2,1H3/p+1/t21-,23-/m1/s1. The quantitative estimate of drug-likeness (QED) is 0.614. The second-order valence-corrected chi connectivity index (χ2v) is 6.68. The zero-order valence-corrected chi connectivity index (χ0v) is 15.7. The molecule has 0 spiro atoms. The lowest BCUT2D eigenvalue weighted by molar-refractivity contribution is -0.677. The molecule has 140 valence electrons. The summed E-state index contributed by atoms with van der Waals surface area (Å²) in [5.74, 6) is 0. The number of aromatic nitrogens is 1. The summed E-state index contributed by atoms with van der Waals surface area (Å²) in [6.07, 6.45) is 1.07. The zero-order valence-electron chi connectivity index (χ0n) is 15.7. The predicted molar refractivity (Wildman–Crippen MR) is 106 cm³/mol. The fourth-order valence-electron chi connectivity index (χ4n) is 3.09. The van der Waals surface area contributed by atoms with Gasteiger partial charge in [-0.1, -0.05) is 60.7 Å². The molecule has 0 unspecified atom stereocenters. The number of rotatable bonds is 9. The molecule has 0 saturated carbocycles. The molecule has 1 heterocycles. The molecule has 0 radical (unpaired) electrons. The highest BCUT2D eigenvalue weighted by Crippen LogP contribution is 2.28. The van der Waals surface area contributed by atoms with Gasteiger partial charge < -0.3 is 15.2 Å². The van der Waals surface area contributed by atoms with Gasteiger partial charge in [0, 0.05) is 6.20 Å². The fraction of sp³-hybridized carbons (Fsp3) is 0.261. The number of aryl methyl sites for hydroxylation is 1. The van der Waals surface area contributed by atoms with E-state index in [1.54, 1.807) is 6.20 Å². The van der Waals surface area contributed by atoms with Gasteiger partial charge in [-0.15, -0.1) is 0 Å². The van der Waals surface area contributed by atoms with Gasteiger partial charge in [-0.05, 0) is 35.7 Å². The van der Waals surface area contributed by atoms with Gasteiger partial charge in [0.25, 0.3) is 0 Å². The van der Waals surface area contributed by atoms with Crippen LogP contribution in [0.3, 0.4) is 0 Å². The Hall–Kier alpha value is -2.53. The van der Waals surface area contributed by atoms with Crippen LogP contribution in [0.2, 0.25) is 0 Å². The van der Waals surface area contributed by atoms with Crippen molar-refractivity contribution in [3.8, 4) is 0 Å². The third-order valence-electron chi connectivity index (χ3n) is 4.55. The Balaban J connectivity index is 1.59. The summed E-state index contributed by atoms with van der Waals surface area (Å²) in [4.78, 5) is 4.29. The number of aliphatic hydroxyl groups excluding tert-OH is 1. The summed E-state index contributed by atoms with van der Waals surface area (Å²) in [7, 11) is 0. The molecule has 3 N–H and O–H groups in total. The van der Waals surface area contributed by atoms with E-state index in [-0.39, 0.29) is 12.7 Å². The maximum absolute atomic E-state index is 10.4. The van der Waals surface area contributed by atoms with E-state index in [1.165, 1.54) is 5.56 Å². The van der Waals surface area contributed by atoms with Crippen LogP contribution in [-0.2, 0) is 11.3 Å². The van der Waals surface area contributed by atoms with E-state index in [4.69, 9.17) is 4.74 Å². The minimum absolute atomic E-state index is 0.183. The minimum atomic E-state index is -0.538. The molecule has 4 heteroatoms. The number of aliphatic hydroxyl groups is 1. The smallest absolute Gasteiger partial charge is 0.126 e. The lowest BCUT2D eigenvalue weighted by Crippen LogP contribution is -2.85. The zero-order chi connectivity index (χ0) is 18.9. The maximum Gasteiger partial charge on any atom is 0.126 e. The van der Waals surface area contributed by atoms with Crippen molar-refractivity contribution in [2.75, 3.05) is 13.2 Å². The third-order valence-corrected chi connectivity index (χ3v) is 4.55. The van der Waals surface area contributed by atoms with Crippen LogP contribution in [0.1, 0.15) is 28.5 Å². The first kappa shape index (κ1) is 19.2. The van der Waals surface area contributed by atoms with Crippen molar-refractivity contribution < 1.29 is 15.2 Å². The van der Waals surface area contributed by atoms with Crippen molar-refractivity contribution in [1.82, 2.24) is 4.98 Å². The van der Waals surface area contributed by atoms with Crippen molar-refractivity contribution in [1.29, 1.82) is 0 Å². The second kappa shape index (κ2) is 9.97. The Bertz CT molecular complexity index is 809. The van der Waals surface area contributed by atoms with Gasteiger partial charge in [-0.25, -0.2) is 0 Å². The molecular formula is C23H27N2O2+. The average Bonchev–Trinajstić information content (AvgIpc) is 2.71. The average molecular weight is 363 g/mol. The normalized spacial score (nSPS) is 13.3. The second-order valence-electron chi connectivity index (χ2n) is 6.68. The molecule has 0 fully saturated rings. The van der Waals surface area contributed by atoms with Gasteiger partial charge in [0.15, 0.2) is 0 Å². The van der Waals surface area contributed by atoms with Gasteiger partial charge in [0.2, 0.25) is 0 Å². The van der Waals surface area contributed by atoms with E-state index in [0.717, 1.165) is 23.4 Å². The third kappa shape index (κ3) is 5.73. The molecule has 0 bridgehead atoms. The summed E-state index contributed by atoms with van der Waals surface area (Å²) in [6, 6.07) is 24.3. The molecule has 3 aromatic rings. The van der Waals surface area contributed by atoms with Gasteiger partial charge in [0.05, 0.1) is 12.3 Å². The number of nitrogens with two attached hydrogens (primary N) is 1. The molecule has 0 aliphatic rings. The lowest BCUT2D eigenvalue weighted by Gasteiger charge is -2.22. The molecule has 2 aromatic carbocycles. The Labute approximate surface area is 160 Å². The Morgan fingerprint density at radius 1 is 0.963 bits per heavy atom. The van der Waals surface area contributed by atoms with E-state index in [1.807, 2.05) is 48.5 Å². The summed E-state index contributed by atoms with van der Waals surface area (Å²) >= 11 is 0. The van der Waals surface area contributed by atoms with E-state index >= 15 is 0 Å². The van der Waals surface area contributed by atoms with E-state index in [9.17, 15) is 5.11 Å². The molecule has 0 aliphatic heterocycles. The largest absolute Gasteiger partial charge is 0.385 e. The fourth-order valence-corrected chi connectivity index (χ4v) is 3.09. The van der Waals surface area contributed by atoms with Crippen molar-refractivity contribution in [3.63, 3.8) is 0 Å². The highest BCUT2D eigenvalue weighted by molar-refractivity contribution is 5.35. The SMILES string of the molecule is Cc1ccccc1[C@H](OC[C@H](O)C[NH2+]Cc1ccccn1)c1ccccc1. The Kier molecular flexibility index (Phi) is 7.11. The van der Waals surface area contributed by atoms with Crippen LogP contribution in [0.15, 0.2) is 79.0 Å². The highest BCUT2D eigenvalue weighted by Gasteiger charge is 2.18. The number of hydrogen-bond donors (Lipinski definition) is 2. The first-order valence-electron chi connectivity index (χ1n) is 9.35. The van der Waals surface area contributed by atoms with Crippen LogP contribution in [0.5, 0.6) is 0 Å². The molecule has 27 heavy (non-hydrogen) atoms. The van der Waals surface area contributed by atoms with Crippen molar-refractivity contribution in [2.45, 2.75) is 25.7 Å². The number of quaternary nitrogens is 1. The number of pyridine rings is 1. The summed E-state index contributed by atoms with van der Waals surface area (Å²) in [5.41, 5.74) is 4.42. The molecular weight excluding hydrogens is 336 g/mol. The lowest BCUT2D eigenvalue weighted by atomic mass is 9.97. The summed E-state index contributed by atoms with van der Waals surface area (Å²) in [5, 5.41) is 12.4. The number of benzene rings is 2. The van der Waals surface area contributed by atoms with Gasteiger partial charge in [0.1, 0.15) is 25.3 Å². The number of hydrogen-bond acceptors (Lipinski definition) is 3. The van der Waals surface area contributed by atoms with Crippen LogP contribution in [0.25, 0.3) is 0 Å². The van der Waals surface area contributed by atoms with Crippen LogP contribution in [-0.4, -0.2) is 29.3 Å². The van der Waals surface area contributed by atoms with Gasteiger partial charge in [-0.2, -0.15) is 0 Å². The number of ether oxygens (including phenoxy) is 1. The topological polar surface area (TPSA) is 59.0 Å². The van der Waals surface area contributed by atoms with Crippen LogP contribution in [0, 0.1) is 6.92 Å². The van der Waals surface area contributed by atoms with Crippen LogP contribution in [0.4, 0.5) is 0 Å². The first-order valence-corrected chi connectivity index (χ1v) is 9.35. The monoisotopic (exact) mass is 363 g/mol. The molecule has 0 saturated heterocycles. The minimum Gasteiger partial charge on any atom is -0.385 e. The van der Waals surface area contributed by atoms with Crippen molar-refractivity contribution in [3.05, 3.63) is 101 Å². The van der Waals surface area contributed by atoms with E-state index in [0.29, 0.717) is 6.54 Å². The molecule has 4 nitrogen and oxygen atoms in total.